The average Bonchev–Trinajstić information content (AvgIpc) is 3.36. The van der Waals surface area contributed by atoms with Crippen molar-refractivity contribution in [2.24, 2.45) is 0 Å². The second-order valence-electron chi connectivity index (χ2n) is 6.76. The van der Waals surface area contributed by atoms with Gasteiger partial charge in [0.05, 0.1) is 4.90 Å². The zero-order valence-electron chi connectivity index (χ0n) is 15.3. The van der Waals surface area contributed by atoms with Crippen molar-refractivity contribution < 1.29 is 17.6 Å². The van der Waals surface area contributed by atoms with Crippen LogP contribution in [-0.2, 0) is 21.2 Å². The Balaban J connectivity index is 1.40. The predicted molar refractivity (Wildman–Crippen MR) is 105 cm³/mol. The first-order chi connectivity index (χ1) is 13.5. The first kappa shape index (κ1) is 18.6. The van der Waals surface area contributed by atoms with E-state index in [1.54, 1.807) is 18.2 Å². The molecule has 0 bridgehead atoms. The van der Waals surface area contributed by atoms with Gasteiger partial charge in [0, 0.05) is 31.6 Å². The van der Waals surface area contributed by atoms with Crippen LogP contribution in [0.2, 0.25) is 0 Å². The summed E-state index contributed by atoms with van der Waals surface area (Å²) in [6.45, 7) is 1.09. The molecule has 1 saturated heterocycles. The minimum Gasteiger partial charge on any atom is -0.441 e. The maximum atomic E-state index is 12.7. The predicted octanol–water partition coefficient (Wildman–Crippen LogP) is 3.18. The van der Waals surface area contributed by atoms with Crippen molar-refractivity contribution in [3.05, 3.63) is 54.4 Å². The molecule has 0 atom stereocenters. The van der Waals surface area contributed by atoms with Crippen molar-refractivity contribution in [2.75, 3.05) is 18.4 Å². The highest BCUT2D eigenvalue weighted by Crippen LogP contribution is 2.23. The van der Waals surface area contributed by atoms with Gasteiger partial charge in [0.2, 0.25) is 15.9 Å². The number of nitrogens with one attached hydrogen (secondary N) is 1. The summed E-state index contributed by atoms with van der Waals surface area (Å²) in [7, 11) is -3.51. The van der Waals surface area contributed by atoms with E-state index in [-0.39, 0.29) is 17.2 Å². The molecule has 1 aromatic heterocycles. The SMILES string of the molecule is O=C(CCc1nc2ccccc2o1)Nc1cccc(S(=O)(=O)N2CCCC2)c1. The quantitative estimate of drug-likeness (QED) is 0.687. The van der Waals surface area contributed by atoms with Crippen LogP contribution in [0.15, 0.2) is 57.8 Å². The van der Waals surface area contributed by atoms with Gasteiger partial charge in [-0.2, -0.15) is 4.31 Å². The van der Waals surface area contributed by atoms with Gasteiger partial charge in [-0.25, -0.2) is 13.4 Å². The molecule has 8 heteroatoms. The molecule has 0 saturated carbocycles. The van der Waals surface area contributed by atoms with E-state index in [2.05, 4.69) is 10.3 Å². The lowest BCUT2D eigenvalue weighted by molar-refractivity contribution is -0.116. The Hall–Kier alpha value is -2.71. The molecule has 0 spiro atoms. The van der Waals surface area contributed by atoms with E-state index in [9.17, 15) is 13.2 Å². The number of sulfonamides is 1. The fraction of sp³-hybridized carbons (Fsp3) is 0.300. The van der Waals surface area contributed by atoms with Gasteiger partial charge < -0.3 is 9.73 Å². The van der Waals surface area contributed by atoms with Gasteiger partial charge in [-0.3, -0.25) is 4.79 Å². The Bertz CT molecular complexity index is 1070. The molecule has 1 aliphatic heterocycles. The van der Waals surface area contributed by atoms with Gasteiger partial charge in [0.15, 0.2) is 11.5 Å². The number of aromatic nitrogens is 1. The number of para-hydroxylation sites is 2. The third kappa shape index (κ3) is 3.93. The molecule has 0 radical (unpaired) electrons. The third-order valence-corrected chi connectivity index (χ3v) is 6.62. The molecule has 2 heterocycles. The summed E-state index contributed by atoms with van der Waals surface area (Å²) < 4.78 is 32.4. The molecule has 2 aromatic carbocycles. The molecular formula is C20H21N3O4S. The number of amides is 1. The normalized spacial score (nSPS) is 15.1. The first-order valence-corrected chi connectivity index (χ1v) is 10.7. The minimum atomic E-state index is -3.51. The van der Waals surface area contributed by atoms with Crippen LogP contribution in [0.25, 0.3) is 11.1 Å². The average molecular weight is 399 g/mol. The van der Waals surface area contributed by atoms with Gasteiger partial charge in [-0.15, -0.1) is 0 Å². The van der Waals surface area contributed by atoms with Crippen LogP contribution in [0.5, 0.6) is 0 Å². The van der Waals surface area contributed by atoms with Crippen molar-refractivity contribution in [2.45, 2.75) is 30.6 Å². The van der Waals surface area contributed by atoms with E-state index >= 15 is 0 Å². The van der Waals surface area contributed by atoms with E-state index in [4.69, 9.17) is 4.42 Å². The lowest BCUT2D eigenvalue weighted by Gasteiger charge is -2.16. The van der Waals surface area contributed by atoms with Crippen molar-refractivity contribution >= 4 is 32.7 Å². The Morgan fingerprint density at radius 2 is 1.89 bits per heavy atom. The number of benzene rings is 2. The van der Waals surface area contributed by atoms with Crippen molar-refractivity contribution in [3.8, 4) is 0 Å². The Morgan fingerprint density at radius 3 is 2.68 bits per heavy atom. The van der Waals surface area contributed by atoms with Gasteiger partial charge in [-0.05, 0) is 43.2 Å². The molecular weight excluding hydrogens is 378 g/mol. The molecule has 4 rings (SSSR count). The second kappa shape index (κ2) is 7.73. The number of rotatable bonds is 6. The molecule has 3 aromatic rings. The largest absolute Gasteiger partial charge is 0.441 e. The fourth-order valence-corrected chi connectivity index (χ4v) is 4.85. The van der Waals surface area contributed by atoms with Gasteiger partial charge in [0.25, 0.3) is 0 Å². The van der Waals surface area contributed by atoms with Crippen molar-refractivity contribution in [1.82, 2.24) is 9.29 Å². The number of hydrogen-bond donors (Lipinski definition) is 1. The number of anilines is 1. The van der Waals surface area contributed by atoms with Crippen molar-refractivity contribution in [1.29, 1.82) is 0 Å². The van der Waals surface area contributed by atoms with Crippen molar-refractivity contribution in [3.63, 3.8) is 0 Å². The Labute approximate surface area is 163 Å². The van der Waals surface area contributed by atoms with E-state index < -0.39 is 10.0 Å². The topological polar surface area (TPSA) is 92.5 Å². The number of oxazole rings is 1. The van der Waals surface area contributed by atoms with Crippen LogP contribution >= 0.6 is 0 Å². The van der Waals surface area contributed by atoms with Gasteiger partial charge in [-0.1, -0.05) is 18.2 Å². The van der Waals surface area contributed by atoms with Gasteiger partial charge >= 0.3 is 0 Å². The monoisotopic (exact) mass is 399 g/mol. The highest BCUT2D eigenvalue weighted by Gasteiger charge is 2.27. The maximum absolute atomic E-state index is 12.7. The summed E-state index contributed by atoms with van der Waals surface area (Å²) in [5, 5.41) is 2.76. The van der Waals surface area contributed by atoms with Crippen LogP contribution in [0.3, 0.4) is 0 Å². The van der Waals surface area contributed by atoms with Gasteiger partial charge in [0.1, 0.15) is 5.52 Å². The summed E-state index contributed by atoms with van der Waals surface area (Å²) in [6, 6.07) is 13.8. The van der Waals surface area contributed by atoms with Crippen LogP contribution in [0.4, 0.5) is 5.69 Å². The number of fused-ring (bicyclic) bond motifs is 1. The molecule has 146 valence electrons. The molecule has 1 aliphatic rings. The number of carbonyl (C=O) groups is 1. The summed E-state index contributed by atoms with van der Waals surface area (Å²) >= 11 is 0. The van der Waals surface area contributed by atoms with E-state index in [1.807, 2.05) is 24.3 Å². The molecule has 1 fully saturated rings. The summed E-state index contributed by atoms with van der Waals surface area (Å²) in [5.41, 5.74) is 1.92. The molecule has 1 N–H and O–H groups in total. The van der Waals surface area contributed by atoms with Crippen LogP contribution in [-0.4, -0.2) is 36.7 Å². The number of hydrogen-bond acceptors (Lipinski definition) is 5. The fourth-order valence-electron chi connectivity index (χ4n) is 3.28. The molecule has 7 nitrogen and oxygen atoms in total. The van der Waals surface area contributed by atoms with E-state index in [1.165, 1.54) is 10.4 Å². The third-order valence-electron chi connectivity index (χ3n) is 4.72. The minimum absolute atomic E-state index is 0.190. The standard InChI is InChI=1S/C20H21N3O4S/c24-19(10-11-20-22-17-8-1-2-9-18(17)27-20)21-15-6-5-7-16(14-15)28(25,26)23-12-3-4-13-23/h1-2,5-9,14H,3-4,10-13H2,(H,21,24). The van der Waals surface area contributed by atoms with E-state index in [0.717, 1.165) is 18.4 Å². The number of nitrogens with zero attached hydrogens (tertiary/aromatic N) is 2. The zero-order valence-corrected chi connectivity index (χ0v) is 16.1. The smallest absolute Gasteiger partial charge is 0.243 e. The summed E-state index contributed by atoms with van der Waals surface area (Å²) in [4.78, 5) is 16.8. The first-order valence-electron chi connectivity index (χ1n) is 9.27. The van der Waals surface area contributed by atoms with Crippen LogP contribution in [0, 0.1) is 0 Å². The molecule has 28 heavy (non-hydrogen) atoms. The lowest BCUT2D eigenvalue weighted by Crippen LogP contribution is -2.27. The summed E-state index contributed by atoms with van der Waals surface area (Å²) in [5.74, 6) is 0.277. The Morgan fingerprint density at radius 1 is 1.11 bits per heavy atom. The van der Waals surface area contributed by atoms with E-state index in [0.29, 0.717) is 36.7 Å². The maximum Gasteiger partial charge on any atom is 0.243 e. The summed E-state index contributed by atoms with van der Waals surface area (Å²) in [6.07, 6.45) is 2.32. The highest BCUT2D eigenvalue weighted by atomic mass is 32.2. The lowest BCUT2D eigenvalue weighted by atomic mass is 10.2. The highest BCUT2D eigenvalue weighted by molar-refractivity contribution is 7.89. The second-order valence-corrected chi connectivity index (χ2v) is 8.70. The number of carbonyl (C=O) groups excluding carboxylic acids is 1. The molecule has 1 amide bonds. The molecule has 0 aliphatic carbocycles. The zero-order chi connectivity index (χ0) is 19.6. The Kier molecular flexibility index (Phi) is 5.15. The van der Waals surface area contributed by atoms with Crippen LogP contribution < -0.4 is 5.32 Å². The molecule has 0 unspecified atom stereocenters. The number of aryl methyl sites for hydroxylation is 1. The van der Waals surface area contributed by atoms with Crippen LogP contribution in [0.1, 0.15) is 25.2 Å².